The summed E-state index contributed by atoms with van der Waals surface area (Å²) in [5.74, 6) is 1.81. The molecule has 2 rings (SSSR count). The number of hydrogen-bond donors (Lipinski definition) is 1. The van der Waals surface area contributed by atoms with Crippen molar-refractivity contribution in [3.05, 3.63) is 65.6 Å². The zero-order valence-corrected chi connectivity index (χ0v) is 12.7. The maximum atomic E-state index is 5.69. The van der Waals surface area contributed by atoms with Crippen molar-refractivity contribution < 1.29 is 9.15 Å². The predicted octanol–water partition coefficient (Wildman–Crippen LogP) is 4.01. The molecule has 1 N–H and O–H groups in total. The number of furan rings is 1. The summed E-state index contributed by atoms with van der Waals surface area (Å²) in [4.78, 5) is 0. The van der Waals surface area contributed by atoms with E-state index in [4.69, 9.17) is 9.15 Å². The minimum atomic E-state index is 0.456. The Bertz CT molecular complexity index is 543. The molecule has 21 heavy (non-hydrogen) atoms. The van der Waals surface area contributed by atoms with Crippen LogP contribution in [0.25, 0.3) is 6.08 Å². The van der Waals surface area contributed by atoms with Crippen molar-refractivity contribution in [1.82, 2.24) is 5.32 Å². The largest absolute Gasteiger partial charge is 0.462 e. The van der Waals surface area contributed by atoms with Crippen LogP contribution in [0.15, 0.2) is 53.0 Å². The summed E-state index contributed by atoms with van der Waals surface area (Å²) >= 11 is 0. The molecule has 112 valence electrons. The second-order valence-corrected chi connectivity index (χ2v) is 5.23. The van der Waals surface area contributed by atoms with Gasteiger partial charge in [0, 0.05) is 6.04 Å². The first-order chi connectivity index (χ1) is 10.2. The average Bonchev–Trinajstić information content (AvgIpc) is 2.94. The van der Waals surface area contributed by atoms with Crippen LogP contribution in [0.1, 0.15) is 30.9 Å². The summed E-state index contributed by atoms with van der Waals surface area (Å²) in [6.45, 7) is 6.07. The molecule has 3 nitrogen and oxygen atoms in total. The standard InChI is InChI=1S/C18H23NO2/c1-15(2)19-13-17-10-11-18(21-17)14-20-12-6-9-16-7-4-3-5-8-16/h3-11,15,19H,12-14H2,1-2H3. The van der Waals surface area contributed by atoms with E-state index in [1.807, 2.05) is 36.4 Å². The lowest BCUT2D eigenvalue weighted by atomic mass is 10.2. The Morgan fingerprint density at radius 1 is 1.10 bits per heavy atom. The van der Waals surface area contributed by atoms with Gasteiger partial charge in [0.05, 0.1) is 13.2 Å². The van der Waals surface area contributed by atoms with Crippen LogP contribution < -0.4 is 5.32 Å². The second-order valence-electron chi connectivity index (χ2n) is 5.23. The van der Waals surface area contributed by atoms with E-state index in [2.05, 4.69) is 37.4 Å². The molecule has 0 atom stereocenters. The molecule has 1 aromatic heterocycles. The first-order valence-corrected chi connectivity index (χ1v) is 7.34. The Morgan fingerprint density at radius 2 is 1.86 bits per heavy atom. The molecule has 0 unspecified atom stereocenters. The fourth-order valence-electron chi connectivity index (χ4n) is 1.88. The lowest BCUT2D eigenvalue weighted by molar-refractivity contribution is 0.130. The van der Waals surface area contributed by atoms with Gasteiger partial charge in [0.1, 0.15) is 18.1 Å². The smallest absolute Gasteiger partial charge is 0.129 e. The summed E-state index contributed by atoms with van der Waals surface area (Å²) in [7, 11) is 0. The summed E-state index contributed by atoms with van der Waals surface area (Å²) in [6.07, 6.45) is 4.07. The zero-order valence-electron chi connectivity index (χ0n) is 12.7. The van der Waals surface area contributed by atoms with E-state index in [9.17, 15) is 0 Å². The Morgan fingerprint density at radius 3 is 2.62 bits per heavy atom. The Hall–Kier alpha value is -1.84. The van der Waals surface area contributed by atoms with Gasteiger partial charge in [0.2, 0.25) is 0 Å². The average molecular weight is 285 g/mol. The molecule has 0 radical (unpaired) electrons. The van der Waals surface area contributed by atoms with Gasteiger partial charge in [0.15, 0.2) is 0 Å². The minimum absolute atomic E-state index is 0.456. The van der Waals surface area contributed by atoms with Crippen LogP contribution in [0.5, 0.6) is 0 Å². The molecule has 2 aromatic rings. The van der Waals surface area contributed by atoms with E-state index in [0.29, 0.717) is 19.3 Å². The highest BCUT2D eigenvalue weighted by Crippen LogP contribution is 2.09. The molecule has 0 aliphatic rings. The van der Waals surface area contributed by atoms with Gasteiger partial charge in [-0.3, -0.25) is 0 Å². The van der Waals surface area contributed by atoms with Crippen molar-refractivity contribution in [2.75, 3.05) is 6.61 Å². The van der Waals surface area contributed by atoms with Crippen molar-refractivity contribution in [3.8, 4) is 0 Å². The van der Waals surface area contributed by atoms with Crippen LogP contribution in [-0.2, 0) is 17.9 Å². The van der Waals surface area contributed by atoms with E-state index in [-0.39, 0.29) is 0 Å². The quantitative estimate of drug-likeness (QED) is 0.744. The fourth-order valence-corrected chi connectivity index (χ4v) is 1.88. The van der Waals surface area contributed by atoms with Crippen molar-refractivity contribution in [3.63, 3.8) is 0 Å². The lowest BCUT2D eigenvalue weighted by Crippen LogP contribution is -2.21. The lowest BCUT2D eigenvalue weighted by Gasteiger charge is -2.05. The maximum absolute atomic E-state index is 5.69. The molecular formula is C18H23NO2. The van der Waals surface area contributed by atoms with Gasteiger partial charge < -0.3 is 14.5 Å². The van der Waals surface area contributed by atoms with E-state index in [0.717, 1.165) is 18.1 Å². The maximum Gasteiger partial charge on any atom is 0.129 e. The number of hydrogen-bond acceptors (Lipinski definition) is 3. The van der Waals surface area contributed by atoms with Crippen molar-refractivity contribution in [2.24, 2.45) is 0 Å². The van der Waals surface area contributed by atoms with Crippen LogP contribution in [-0.4, -0.2) is 12.6 Å². The Labute approximate surface area is 126 Å². The van der Waals surface area contributed by atoms with E-state index in [1.165, 1.54) is 5.56 Å². The Balaban J connectivity index is 1.68. The molecule has 0 fully saturated rings. The molecule has 0 aliphatic carbocycles. The third-order valence-electron chi connectivity index (χ3n) is 2.97. The number of benzene rings is 1. The fraction of sp³-hybridized carbons (Fsp3) is 0.333. The first kappa shape index (κ1) is 15.5. The third-order valence-corrected chi connectivity index (χ3v) is 2.97. The zero-order chi connectivity index (χ0) is 14.9. The van der Waals surface area contributed by atoms with E-state index in [1.54, 1.807) is 0 Å². The third kappa shape index (κ3) is 5.98. The first-order valence-electron chi connectivity index (χ1n) is 7.34. The topological polar surface area (TPSA) is 34.4 Å². The molecule has 1 heterocycles. The van der Waals surface area contributed by atoms with Crippen LogP contribution in [0.3, 0.4) is 0 Å². The minimum Gasteiger partial charge on any atom is -0.462 e. The van der Waals surface area contributed by atoms with Gasteiger partial charge in [0.25, 0.3) is 0 Å². The normalized spacial score (nSPS) is 11.6. The molecule has 0 bridgehead atoms. The van der Waals surface area contributed by atoms with Gasteiger partial charge in [-0.2, -0.15) is 0 Å². The second kappa shape index (κ2) is 8.45. The van der Waals surface area contributed by atoms with E-state index >= 15 is 0 Å². The number of rotatable bonds is 8. The molecular weight excluding hydrogens is 262 g/mol. The predicted molar refractivity (Wildman–Crippen MR) is 85.8 cm³/mol. The molecule has 0 spiro atoms. The molecule has 0 saturated heterocycles. The van der Waals surface area contributed by atoms with Crippen LogP contribution in [0.2, 0.25) is 0 Å². The number of nitrogens with one attached hydrogen (secondary N) is 1. The van der Waals surface area contributed by atoms with E-state index < -0.39 is 0 Å². The van der Waals surface area contributed by atoms with Gasteiger partial charge in [-0.1, -0.05) is 56.3 Å². The Kier molecular flexibility index (Phi) is 6.25. The summed E-state index contributed by atoms with van der Waals surface area (Å²) in [5, 5.41) is 3.32. The molecule has 0 saturated carbocycles. The summed E-state index contributed by atoms with van der Waals surface area (Å²) < 4.78 is 11.3. The number of ether oxygens (including phenoxy) is 1. The molecule has 1 aromatic carbocycles. The molecule has 0 amide bonds. The van der Waals surface area contributed by atoms with Crippen LogP contribution in [0, 0.1) is 0 Å². The van der Waals surface area contributed by atoms with Gasteiger partial charge in [-0.15, -0.1) is 0 Å². The monoisotopic (exact) mass is 285 g/mol. The van der Waals surface area contributed by atoms with Gasteiger partial charge in [-0.25, -0.2) is 0 Å². The van der Waals surface area contributed by atoms with Crippen molar-refractivity contribution in [1.29, 1.82) is 0 Å². The highest BCUT2D eigenvalue weighted by molar-refractivity contribution is 5.48. The van der Waals surface area contributed by atoms with Crippen LogP contribution >= 0.6 is 0 Å². The molecule has 3 heteroatoms. The summed E-state index contributed by atoms with van der Waals surface area (Å²) in [5.41, 5.74) is 1.18. The van der Waals surface area contributed by atoms with Gasteiger partial charge in [-0.05, 0) is 17.7 Å². The summed E-state index contributed by atoms with van der Waals surface area (Å²) in [6, 6.07) is 14.6. The highest BCUT2D eigenvalue weighted by Gasteiger charge is 2.02. The van der Waals surface area contributed by atoms with Crippen molar-refractivity contribution in [2.45, 2.75) is 33.0 Å². The van der Waals surface area contributed by atoms with Gasteiger partial charge >= 0.3 is 0 Å². The van der Waals surface area contributed by atoms with Crippen molar-refractivity contribution >= 4 is 6.08 Å². The molecule has 0 aliphatic heterocycles. The SMILES string of the molecule is CC(C)NCc1ccc(COCC=Cc2ccccc2)o1. The van der Waals surface area contributed by atoms with Crippen LogP contribution in [0.4, 0.5) is 0 Å². The highest BCUT2D eigenvalue weighted by atomic mass is 16.5.